The van der Waals surface area contributed by atoms with E-state index >= 15 is 0 Å². The van der Waals surface area contributed by atoms with Crippen molar-refractivity contribution < 1.29 is 25.9 Å². The highest BCUT2D eigenvalue weighted by Gasteiger charge is 2.13. The Morgan fingerprint density at radius 3 is 1.50 bits per heavy atom. The predicted octanol–water partition coefficient (Wildman–Crippen LogP) is -1.10. The van der Waals surface area contributed by atoms with Crippen LogP contribution < -0.4 is 0 Å². The lowest BCUT2D eigenvalue weighted by Gasteiger charge is -2.07. The van der Waals surface area contributed by atoms with Crippen LogP contribution in [0, 0.1) is 0 Å². The Kier molecular flexibility index (Phi) is 1.75. The molecule has 0 fully saturated rings. The zero-order valence-electron chi connectivity index (χ0n) is 4.50. The zero-order chi connectivity index (χ0) is 7.83. The van der Waals surface area contributed by atoms with E-state index in [1.54, 1.807) is 0 Å². The second-order valence-corrected chi connectivity index (χ2v) is 4.24. The van der Waals surface area contributed by atoms with Crippen molar-refractivity contribution in [2.75, 3.05) is 0 Å². The van der Waals surface area contributed by atoms with Crippen molar-refractivity contribution in [2.45, 2.75) is 0 Å². The lowest BCUT2D eigenvalue weighted by molar-refractivity contribution is 0.419. The lowest BCUT2D eigenvalue weighted by Crippen LogP contribution is -2.20. The molecule has 0 spiro atoms. The van der Waals surface area contributed by atoms with Crippen LogP contribution in [0.5, 0.6) is 0 Å². The van der Waals surface area contributed by atoms with Gasteiger partial charge in [0, 0.05) is 0 Å². The molecule has 60 valence electrons. The van der Waals surface area contributed by atoms with Crippen LogP contribution in [-0.4, -0.2) is 28.6 Å². The summed E-state index contributed by atoms with van der Waals surface area (Å²) < 4.78 is 45.6. The lowest BCUT2D eigenvalue weighted by atomic mass is 11.7. The number of rotatable bonds is 0. The van der Waals surface area contributed by atoms with Gasteiger partial charge in [-0.25, -0.2) is 16.8 Å². The average Bonchev–Trinajstić information content (AvgIpc) is 1.79. The number of hydrogen-bond donors (Lipinski definition) is 2. The molecule has 10 heavy (non-hydrogen) atoms. The van der Waals surface area contributed by atoms with E-state index in [0.717, 1.165) is 0 Å². The standard InChI is InChI=1S/C2H4O6S2/c3-9(4)1-7-10(5,6)2-8-9/h1-2H,(H,3,4)(H,5,6). The summed E-state index contributed by atoms with van der Waals surface area (Å²) in [7, 11) is -7.29. The molecule has 0 radical (unpaired) electrons. The van der Waals surface area contributed by atoms with Gasteiger partial charge in [-0.2, -0.15) is 0 Å². The van der Waals surface area contributed by atoms with E-state index in [1.807, 2.05) is 0 Å². The van der Waals surface area contributed by atoms with Crippen LogP contribution in [0.4, 0.5) is 0 Å². The monoisotopic (exact) mass is 188 g/mol. The van der Waals surface area contributed by atoms with Gasteiger partial charge in [-0.05, 0) is 0 Å². The molecule has 0 amide bonds. The third kappa shape index (κ3) is 1.94. The molecule has 2 unspecified atom stereocenters. The molecule has 6 nitrogen and oxygen atoms in total. The predicted molar refractivity (Wildman–Crippen MR) is 35.8 cm³/mol. The molecule has 1 aliphatic heterocycles. The van der Waals surface area contributed by atoms with E-state index in [9.17, 15) is 8.42 Å². The highest BCUT2D eigenvalue weighted by molar-refractivity contribution is 7.98. The molecular weight excluding hydrogens is 184 g/mol. The summed E-state index contributed by atoms with van der Waals surface area (Å²) in [4.78, 5) is 0. The van der Waals surface area contributed by atoms with Gasteiger partial charge in [-0.3, -0.25) is 9.11 Å². The fourth-order valence-electron chi connectivity index (χ4n) is 0.257. The van der Waals surface area contributed by atoms with Crippen LogP contribution in [-0.2, 0) is 28.5 Å². The molecule has 0 aliphatic carbocycles. The average molecular weight is 188 g/mol. The first kappa shape index (κ1) is 7.98. The minimum Gasteiger partial charge on any atom is -0.292 e. The third-order valence-electron chi connectivity index (χ3n) is 0.598. The van der Waals surface area contributed by atoms with Gasteiger partial charge in [0.2, 0.25) is 20.2 Å². The van der Waals surface area contributed by atoms with Crippen molar-refractivity contribution >= 4 is 31.3 Å². The van der Waals surface area contributed by atoms with Crippen LogP contribution in [0.2, 0.25) is 0 Å². The van der Waals surface area contributed by atoms with Crippen molar-refractivity contribution in [3.63, 3.8) is 0 Å². The highest BCUT2D eigenvalue weighted by Crippen LogP contribution is 1.97. The van der Waals surface area contributed by atoms with E-state index in [-0.39, 0.29) is 11.1 Å². The fourth-order valence-corrected chi connectivity index (χ4v) is 2.04. The summed E-state index contributed by atoms with van der Waals surface area (Å²) in [6, 6.07) is 0. The van der Waals surface area contributed by atoms with Gasteiger partial charge in [0.1, 0.15) is 0 Å². The van der Waals surface area contributed by atoms with Crippen LogP contribution >= 0.6 is 0 Å². The van der Waals surface area contributed by atoms with Gasteiger partial charge in [0.15, 0.2) is 11.1 Å². The van der Waals surface area contributed by atoms with Crippen molar-refractivity contribution in [1.82, 2.24) is 0 Å². The molecular formula is C2H4O6S2. The van der Waals surface area contributed by atoms with E-state index in [0.29, 0.717) is 0 Å². The van der Waals surface area contributed by atoms with Crippen LogP contribution in [0.15, 0.2) is 0 Å². The third-order valence-corrected chi connectivity index (χ3v) is 2.26. The molecule has 1 heterocycles. The van der Waals surface area contributed by atoms with Crippen molar-refractivity contribution in [3.8, 4) is 0 Å². The first-order chi connectivity index (χ1) is 4.41. The first-order valence-corrected chi connectivity index (χ1v) is 4.98. The molecule has 0 aromatic heterocycles. The van der Waals surface area contributed by atoms with Crippen molar-refractivity contribution in [3.05, 3.63) is 0 Å². The first-order valence-electron chi connectivity index (χ1n) is 1.97. The molecule has 0 bridgehead atoms. The van der Waals surface area contributed by atoms with E-state index in [1.165, 1.54) is 0 Å². The maximum absolute atomic E-state index is 10.4. The topological polar surface area (TPSA) is 93.1 Å². The summed E-state index contributed by atoms with van der Waals surface area (Å²) in [5.41, 5.74) is 0.574. The molecule has 0 aromatic rings. The zero-order valence-corrected chi connectivity index (χ0v) is 6.13. The molecule has 2 N–H and O–H groups in total. The quantitative estimate of drug-likeness (QED) is 0.468. The normalized spacial score (nSPS) is 47.4. The van der Waals surface area contributed by atoms with Gasteiger partial charge in [0.25, 0.3) is 0 Å². The highest BCUT2D eigenvalue weighted by atomic mass is 32.3. The molecule has 8 heteroatoms. The van der Waals surface area contributed by atoms with Gasteiger partial charge in [-0.15, -0.1) is 0 Å². The van der Waals surface area contributed by atoms with E-state index in [4.69, 9.17) is 9.11 Å². The summed E-state index contributed by atoms with van der Waals surface area (Å²) in [5.74, 6) is 0. The second-order valence-electron chi connectivity index (χ2n) is 1.41. The maximum atomic E-state index is 10.4. The summed E-state index contributed by atoms with van der Waals surface area (Å²) in [5, 5.41) is 0. The van der Waals surface area contributed by atoms with Gasteiger partial charge >= 0.3 is 0 Å². The van der Waals surface area contributed by atoms with Crippen LogP contribution in [0.25, 0.3) is 0 Å². The smallest absolute Gasteiger partial charge is 0.231 e. The Labute approximate surface area is 57.8 Å². The van der Waals surface area contributed by atoms with Crippen molar-refractivity contribution in [2.24, 2.45) is 0 Å². The maximum Gasteiger partial charge on any atom is 0.231 e. The Balaban J connectivity index is 3.03. The Morgan fingerprint density at radius 1 is 1.00 bits per heavy atom. The molecule has 1 aliphatic rings. The second kappa shape index (κ2) is 2.19. The Bertz CT molecular complexity index is 314. The molecule has 1 rings (SSSR count). The fraction of sp³-hybridized carbons (Fsp3) is 0. The van der Waals surface area contributed by atoms with Gasteiger partial charge < -0.3 is 0 Å². The molecule has 2 atom stereocenters. The van der Waals surface area contributed by atoms with E-state index < -0.39 is 20.2 Å². The SMILES string of the molecule is O=S1(O)=COS(=O)(O)=CO1. The summed E-state index contributed by atoms with van der Waals surface area (Å²) in [6.45, 7) is 0. The van der Waals surface area contributed by atoms with Crippen LogP contribution in [0.1, 0.15) is 0 Å². The van der Waals surface area contributed by atoms with Gasteiger partial charge in [-0.1, -0.05) is 0 Å². The molecule has 0 saturated carbocycles. The molecule has 0 aromatic carbocycles. The van der Waals surface area contributed by atoms with Crippen LogP contribution in [0.3, 0.4) is 0 Å². The van der Waals surface area contributed by atoms with Crippen molar-refractivity contribution in [1.29, 1.82) is 0 Å². The van der Waals surface area contributed by atoms with Gasteiger partial charge in [0.05, 0.1) is 0 Å². The minimum absolute atomic E-state index is 0.287. The minimum atomic E-state index is -3.65. The molecule has 0 saturated heterocycles. The Hall–Kier alpha value is -0.120. The number of hydrogen-bond acceptors (Lipinski definition) is 4. The largest absolute Gasteiger partial charge is 0.292 e. The summed E-state index contributed by atoms with van der Waals surface area (Å²) >= 11 is 0. The van der Waals surface area contributed by atoms with E-state index in [2.05, 4.69) is 8.37 Å². The Morgan fingerprint density at radius 2 is 1.30 bits per heavy atom. The summed E-state index contributed by atoms with van der Waals surface area (Å²) in [6.07, 6.45) is 0.